The fraction of sp³-hybridized carbons (Fsp3) is 0.214. The summed E-state index contributed by atoms with van der Waals surface area (Å²) in [5, 5.41) is 20.2. The largest absolute Gasteiger partial charge is 0.497 e. The van der Waals surface area contributed by atoms with Gasteiger partial charge in [0.2, 0.25) is 0 Å². The number of methoxy groups -OCH3 is 1. The second-order valence-corrected chi connectivity index (χ2v) is 4.23. The number of rotatable bonds is 5. The van der Waals surface area contributed by atoms with E-state index in [1.165, 1.54) is 0 Å². The maximum atomic E-state index is 10.9. The van der Waals surface area contributed by atoms with Gasteiger partial charge in [-0.15, -0.1) is 0 Å². The number of benzene rings is 1. The molecular formula is C14H13N3O4. The maximum Gasteiger partial charge on any atom is 0.405 e. The zero-order chi connectivity index (χ0) is 15.2. The van der Waals surface area contributed by atoms with Gasteiger partial charge in [-0.2, -0.15) is 5.26 Å². The summed E-state index contributed by atoms with van der Waals surface area (Å²) in [5.41, 5.74) is 0.942. The molecule has 1 aromatic carbocycles. The van der Waals surface area contributed by atoms with Crippen LogP contribution in [0.25, 0.3) is 0 Å². The Balaban J connectivity index is 2.24. The second-order valence-electron chi connectivity index (χ2n) is 4.23. The molecular weight excluding hydrogens is 274 g/mol. The molecule has 0 fully saturated rings. The van der Waals surface area contributed by atoms with Crippen LogP contribution in [0, 0.1) is 11.3 Å². The number of carbonyl (C=O) groups is 1. The van der Waals surface area contributed by atoms with Crippen molar-refractivity contribution in [2.24, 2.45) is 0 Å². The van der Waals surface area contributed by atoms with E-state index in [0.29, 0.717) is 12.2 Å². The number of carboxylic acid groups (broad SMARTS) is 1. The standard InChI is InChI=1S/C14H13N3O4/c1-20-10-4-2-9(3-5-10)6-11(17-14(18)19)13-12(7-15)16-8-21-13/h2-5,8,11,17H,6H2,1H3,(H,18,19). The van der Waals surface area contributed by atoms with Crippen molar-refractivity contribution in [2.75, 3.05) is 7.11 Å². The minimum Gasteiger partial charge on any atom is -0.497 e. The van der Waals surface area contributed by atoms with Gasteiger partial charge in [-0.1, -0.05) is 12.1 Å². The number of hydrogen-bond donors (Lipinski definition) is 2. The van der Waals surface area contributed by atoms with Crippen molar-refractivity contribution >= 4 is 6.09 Å². The highest BCUT2D eigenvalue weighted by Crippen LogP contribution is 2.22. The fourth-order valence-corrected chi connectivity index (χ4v) is 1.94. The van der Waals surface area contributed by atoms with Crippen LogP contribution in [-0.2, 0) is 6.42 Å². The first kappa shape index (κ1) is 14.4. The molecule has 2 N–H and O–H groups in total. The van der Waals surface area contributed by atoms with Gasteiger partial charge in [-0.25, -0.2) is 9.78 Å². The lowest BCUT2D eigenvalue weighted by Crippen LogP contribution is -2.28. The molecule has 0 saturated heterocycles. The van der Waals surface area contributed by atoms with Crippen LogP contribution in [0.2, 0.25) is 0 Å². The summed E-state index contributed by atoms with van der Waals surface area (Å²) in [7, 11) is 1.57. The second kappa shape index (κ2) is 6.43. The first-order chi connectivity index (χ1) is 10.1. The van der Waals surface area contributed by atoms with Gasteiger partial charge in [-0.3, -0.25) is 0 Å². The highest BCUT2D eigenvalue weighted by molar-refractivity contribution is 5.65. The van der Waals surface area contributed by atoms with Crippen LogP contribution in [0.1, 0.15) is 23.1 Å². The Kier molecular flexibility index (Phi) is 4.41. The molecule has 0 aliphatic rings. The summed E-state index contributed by atoms with van der Waals surface area (Å²) in [6.45, 7) is 0. The predicted octanol–water partition coefficient (Wildman–Crippen LogP) is 2.11. The van der Waals surface area contributed by atoms with E-state index in [4.69, 9.17) is 19.5 Å². The van der Waals surface area contributed by atoms with Crippen molar-refractivity contribution in [2.45, 2.75) is 12.5 Å². The third kappa shape index (κ3) is 3.51. The molecule has 1 amide bonds. The molecule has 21 heavy (non-hydrogen) atoms. The maximum absolute atomic E-state index is 10.9. The van der Waals surface area contributed by atoms with Crippen molar-refractivity contribution < 1.29 is 19.1 Å². The SMILES string of the molecule is COc1ccc(CC(NC(=O)O)c2ocnc2C#N)cc1. The van der Waals surface area contributed by atoms with Crippen LogP contribution < -0.4 is 10.1 Å². The van der Waals surface area contributed by atoms with Crippen molar-refractivity contribution in [3.05, 3.63) is 47.7 Å². The van der Waals surface area contributed by atoms with E-state index in [0.717, 1.165) is 12.0 Å². The van der Waals surface area contributed by atoms with Crippen LogP contribution in [-0.4, -0.2) is 23.3 Å². The van der Waals surface area contributed by atoms with Crippen molar-refractivity contribution in [3.8, 4) is 11.8 Å². The Morgan fingerprint density at radius 2 is 2.24 bits per heavy atom. The third-order valence-corrected chi connectivity index (χ3v) is 2.91. The van der Waals surface area contributed by atoms with E-state index in [2.05, 4.69) is 10.3 Å². The van der Waals surface area contributed by atoms with Crippen molar-refractivity contribution in [1.82, 2.24) is 10.3 Å². The third-order valence-electron chi connectivity index (χ3n) is 2.91. The first-order valence-corrected chi connectivity index (χ1v) is 6.10. The van der Waals surface area contributed by atoms with Crippen LogP contribution in [0.3, 0.4) is 0 Å². The number of aromatic nitrogens is 1. The zero-order valence-corrected chi connectivity index (χ0v) is 11.2. The molecule has 0 spiro atoms. The summed E-state index contributed by atoms with van der Waals surface area (Å²) in [6.07, 6.45) is 0.257. The average Bonchev–Trinajstić information content (AvgIpc) is 2.95. The molecule has 0 saturated carbocycles. The van der Waals surface area contributed by atoms with E-state index in [-0.39, 0.29) is 11.5 Å². The number of hydrogen-bond acceptors (Lipinski definition) is 5. The van der Waals surface area contributed by atoms with E-state index in [9.17, 15) is 4.79 Å². The Morgan fingerprint density at radius 1 is 1.52 bits per heavy atom. The molecule has 7 nitrogen and oxygen atoms in total. The van der Waals surface area contributed by atoms with Crippen molar-refractivity contribution in [3.63, 3.8) is 0 Å². The molecule has 0 aliphatic heterocycles. The highest BCUT2D eigenvalue weighted by Gasteiger charge is 2.22. The molecule has 2 rings (SSSR count). The lowest BCUT2D eigenvalue weighted by molar-refractivity contribution is 0.187. The highest BCUT2D eigenvalue weighted by atomic mass is 16.5. The Morgan fingerprint density at radius 3 is 2.81 bits per heavy atom. The van der Waals surface area contributed by atoms with E-state index in [1.807, 2.05) is 18.2 Å². The van der Waals surface area contributed by atoms with E-state index >= 15 is 0 Å². The Labute approximate surface area is 120 Å². The van der Waals surface area contributed by atoms with Gasteiger partial charge in [0.1, 0.15) is 11.8 Å². The van der Waals surface area contributed by atoms with Gasteiger partial charge in [0.25, 0.3) is 0 Å². The smallest absolute Gasteiger partial charge is 0.405 e. The number of nitriles is 1. The van der Waals surface area contributed by atoms with Gasteiger partial charge >= 0.3 is 6.09 Å². The van der Waals surface area contributed by atoms with E-state index in [1.54, 1.807) is 19.2 Å². The lowest BCUT2D eigenvalue weighted by atomic mass is 10.0. The van der Waals surface area contributed by atoms with Crippen LogP contribution >= 0.6 is 0 Å². The quantitative estimate of drug-likeness (QED) is 0.871. The minimum atomic E-state index is -1.20. The van der Waals surface area contributed by atoms with Crippen LogP contribution in [0.15, 0.2) is 35.1 Å². The molecule has 0 bridgehead atoms. The van der Waals surface area contributed by atoms with Crippen LogP contribution in [0.5, 0.6) is 5.75 Å². The average molecular weight is 287 g/mol. The summed E-state index contributed by atoms with van der Waals surface area (Å²) < 4.78 is 10.2. The number of ether oxygens (including phenoxy) is 1. The fourth-order valence-electron chi connectivity index (χ4n) is 1.94. The Bertz CT molecular complexity index is 658. The minimum absolute atomic E-state index is 0.0715. The lowest BCUT2D eigenvalue weighted by Gasteiger charge is -2.14. The van der Waals surface area contributed by atoms with Crippen LogP contribution in [0.4, 0.5) is 4.79 Å². The molecule has 1 heterocycles. The van der Waals surface area contributed by atoms with Crippen molar-refractivity contribution in [1.29, 1.82) is 5.26 Å². The number of amides is 1. The summed E-state index contributed by atoms with van der Waals surface area (Å²) >= 11 is 0. The molecule has 7 heteroatoms. The van der Waals surface area contributed by atoms with E-state index < -0.39 is 12.1 Å². The van der Waals surface area contributed by atoms with Gasteiger partial charge in [0, 0.05) is 6.42 Å². The molecule has 1 unspecified atom stereocenters. The monoisotopic (exact) mass is 287 g/mol. The van der Waals surface area contributed by atoms with Gasteiger partial charge < -0.3 is 19.6 Å². The molecule has 0 aliphatic carbocycles. The van der Waals surface area contributed by atoms with Gasteiger partial charge in [-0.05, 0) is 17.7 Å². The number of nitrogens with one attached hydrogen (secondary N) is 1. The summed E-state index contributed by atoms with van der Waals surface area (Å²) in [5.74, 6) is 0.912. The van der Waals surface area contributed by atoms with Gasteiger partial charge in [0.15, 0.2) is 17.8 Å². The number of oxazole rings is 1. The zero-order valence-electron chi connectivity index (χ0n) is 11.2. The molecule has 0 radical (unpaired) electrons. The first-order valence-electron chi connectivity index (χ1n) is 6.10. The number of nitrogens with zero attached hydrogens (tertiary/aromatic N) is 2. The molecule has 1 aromatic heterocycles. The summed E-state index contributed by atoms with van der Waals surface area (Å²) in [6, 6.07) is 8.38. The van der Waals surface area contributed by atoms with Gasteiger partial charge in [0.05, 0.1) is 13.2 Å². The normalized spacial score (nSPS) is 11.4. The Hall–Kier alpha value is -3.01. The molecule has 108 valence electrons. The predicted molar refractivity (Wildman–Crippen MR) is 71.8 cm³/mol. The molecule has 1 atom stereocenters. The topological polar surface area (TPSA) is 108 Å². The summed E-state index contributed by atoms with van der Waals surface area (Å²) in [4.78, 5) is 14.7. The molecule has 2 aromatic rings.